The molecule has 0 amide bonds. The van der Waals surface area contributed by atoms with Crippen molar-refractivity contribution in [1.29, 1.82) is 0 Å². The molecule has 2 atom stereocenters. The molecule has 4 nitrogen and oxygen atoms in total. The van der Waals surface area contributed by atoms with Crippen LogP contribution in [0.4, 0.5) is 0 Å². The van der Waals surface area contributed by atoms with Crippen molar-refractivity contribution < 1.29 is 13.2 Å². The average Bonchev–Trinajstić information content (AvgIpc) is 3.11. The quantitative estimate of drug-likeness (QED) is 0.837. The van der Waals surface area contributed by atoms with E-state index in [4.69, 9.17) is 0 Å². The third kappa shape index (κ3) is 2.37. The summed E-state index contributed by atoms with van der Waals surface area (Å²) in [5, 5.41) is 0. The van der Waals surface area contributed by atoms with E-state index in [0.29, 0.717) is 30.3 Å². The van der Waals surface area contributed by atoms with Crippen LogP contribution < -0.4 is 0 Å². The van der Waals surface area contributed by atoms with E-state index in [0.717, 1.165) is 36.0 Å². The second-order valence-corrected chi connectivity index (χ2v) is 8.92. The predicted octanol–water partition coefficient (Wildman–Crippen LogP) is 2.69. The van der Waals surface area contributed by atoms with Gasteiger partial charge in [0, 0.05) is 19.5 Å². The van der Waals surface area contributed by atoms with Crippen molar-refractivity contribution in [3.8, 4) is 0 Å². The van der Waals surface area contributed by atoms with E-state index >= 15 is 0 Å². The first-order valence-electron chi connectivity index (χ1n) is 8.30. The Labute approximate surface area is 137 Å². The number of nitrogens with zero attached hydrogens (tertiary/aromatic N) is 1. The largest absolute Gasteiger partial charge is 0.295 e. The molecule has 122 valence electrons. The van der Waals surface area contributed by atoms with Gasteiger partial charge in [0.05, 0.1) is 4.90 Å². The van der Waals surface area contributed by atoms with E-state index in [9.17, 15) is 13.2 Å². The molecule has 0 radical (unpaired) electrons. The lowest BCUT2D eigenvalue weighted by Gasteiger charge is -2.24. The Balaban J connectivity index is 1.68. The normalized spacial score (nSPS) is 28.1. The Hall–Kier alpha value is -1.46. The zero-order valence-corrected chi connectivity index (χ0v) is 14.1. The number of hydrogen-bond acceptors (Lipinski definition) is 3. The molecule has 0 N–H and O–H groups in total. The van der Waals surface area contributed by atoms with Crippen LogP contribution in [0.2, 0.25) is 0 Å². The summed E-state index contributed by atoms with van der Waals surface area (Å²) in [6.45, 7) is 2.87. The van der Waals surface area contributed by atoms with Crippen molar-refractivity contribution in [3.63, 3.8) is 0 Å². The molecule has 5 heteroatoms. The summed E-state index contributed by atoms with van der Waals surface area (Å²) >= 11 is 0. The van der Waals surface area contributed by atoms with Crippen molar-refractivity contribution >= 4 is 15.8 Å². The van der Waals surface area contributed by atoms with Crippen LogP contribution in [-0.4, -0.2) is 31.6 Å². The first kappa shape index (κ1) is 15.1. The lowest BCUT2D eigenvalue weighted by atomic mass is 9.79. The highest BCUT2D eigenvalue weighted by atomic mass is 32.2. The standard InChI is InChI=1S/C18H21NO3S/c1-12-2-7-15(8-3-12)23(21,22)19-10-14-5-4-13-6-9-17(20)18(13)16(14)11-19/h2-3,7-8,13-14H,4-6,9-11H2,1H3/t13-,14+/m1/s1. The van der Waals surface area contributed by atoms with Gasteiger partial charge in [-0.1, -0.05) is 17.7 Å². The third-order valence-corrected chi connectivity index (χ3v) is 7.39. The van der Waals surface area contributed by atoms with Crippen LogP contribution in [0.5, 0.6) is 0 Å². The number of carbonyl (C=O) groups excluding carboxylic acids is 1. The maximum Gasteiger partial charge on any atom is 0.243 e. The number of hydrogen-bond donors (Lipinski definition) is 0. The van der Waals surface area contributed by atoms with Crippen LogP contribution in [0.15, 0.2) is 40.3 Å². The minimum Gasteiger partial charge on any atom is -0.295 e. The van der Waals surface area contributed by atoms with Gasteiger partial charge in [-0.25, -0.2) is 8.42 Å². The summed E-state index contributed by atoms with van der Waals surface area (Å²) in [6, 6.07) is 7.00. The van der Waals surface area contributed by atoms with Gasteiger partial charge in [0.1, 0.15) is 0 Å². The topological polar surface area (TPSA) is 54.5 Å². The summed E-state index contributed by atoms with van der Waals surface area (Å²) in [4.78, 5) is 12.5. The van der Waals surface area contributed by atoms with E-state index < -0.39 is 10.0 Å². The molecule has 2 fully saturated rings. The maximum atomic E-state index is 12.9. The number of sulfonamides is 1. The molecule has 1 aromatic rings. The molecule has 4 rings (SSSR count). The summed E-state index contributed by atoms with van der Waals surface area (Å²) < 4.78 is 27.3. The van der Waals surface area contributed by atoms with Gasteiger partial charge in [0.15, 0.2) is 5.78 Å². The van der Waals surface area contributed by atoms with Crippen LogP contribution in [-0.2, 0) is 14.8 Å². The van der Waals surface area contributed by atoms with E-state index in [1.54, 1.807) is 16.4 Å². The molecule has 0 bridgehead atoms. The van der Waals surface area contributed by atoms with E-state index in [1.807, 2.05) is 19.1 Å². The molecule has 1 aliphatic heterocycles. The van der Waals surface area contributed by atoms with Gasteiger partial charge in [-0.05, 0) is 61.3 Å². The molecule has 2 aliphatic carbocycles. The number of Topliss-reactive ketones (excluding diaryl/α,β-unsaturated/α-hetero) is 1. The molecule has 0 spiro atoms. The maximum absolute atomic E-state index is 12.9. The molecule has 1 saturated heterocycles. The van der Waals surface area contributed by atoms with Gasteiger partial charge in [-0.2, -0.15) is 4.31 Å². The number of carbonyl (C=O) groups is 1. The molecule has 0 aromatic heterocycles. The Morgan fingerprint density at radius 3 is 2.48 bits per heavy atom. The van der Waals surface area contributed by atoms with E-state index in [2.05, 4.69) is 0 Å². The summed E-state index contributed by atoms with van der Waals surface area (Å²) in [5.41, 5.74) is 3.13. The summed E-state index contributed by atoms with van der Waals surface area (Å²) in [6.07, 6.45) is 3.64. The molecule has 1 aromatic carbocycles. The number of aryl methyl sites for hydroxylation is 1. The highest BCUT2D eigenvalue weighted by Gasteiger charge is 2.44. The van der Waals surface area contributed by atoms with Crippen LogP contribution in [0.25, 0.3) is 0 Å². The molecule has 23 heavy (non-hydrogen) atoms. The number of ketones is 1. The molecule has 3 aliphatic rings. The van der Waals surface area contributed by atoms with Gasteiger partial charge < -0.3 is 0 Å². The minimum atomic E-state index is -3.47. The molecular formula is C18H21NO3S. The van der Waals surface area contributed by atoms with Crippen LogP contribution >= 0.6 is 0 Å². The fraction of sp³-hybridized carbons (Fsp3) is 0.500. The fourth-order valence-electron chi connectivity index (χ4n) is 4.30. The third-order valence-electron chi connectivity index (χ3n) is 5.56. The highest BCUT2D eigenvalue weighted by molar-refractivity contribution is 7.89. The monoisotopic (exact) mass is 331 g/mol. The van der Waals surface area contributed by atoms with Gasteiger partial charge in [0.25, 0.3) is 0 Å². The van der Waals surface area contributed by atoms with Crippen LogP contribution in [0.1, 0.15) is 31.2 Å². The second kappa shape index (κ2) is 5.28. The van der Waals surface area contributed by atoms with Crippen LogP contribution in [0.3, 0.4) is 0 Å². The predicted molar refractivity (Wildman–Crippen MR) is 87.4 cm³/mol. The van der Waals surface area contributed by atoms with Gasteiger partial charge >= 0.3 is 0 Å². The van der Waals surface area contributed by atoms with Gasteiger partial charge in [-0.3, -0.25) is 4.79 Å². The molecule has 1 heterocycles. The first-order chi connectivity index (χ1) is 11.0. The first-order valence-corrected chi connectivity index (χ1v) is 9.74. The van der Waals surface area contributed by atoms with Crippen molar-refractivity contribution in [1.82, 2.24) is 4.31 Å². The summed E-state index contributed by atoms with van der Waals surface area (Å²) in [7, 11) is -3.47. The number of rotatable bonds is 2. The SMILES string of the molecule is Cc1ccc(S(=O)(=O)N2CC3=C4C(=O)CC[C@H]4CC[C@H]3C2)cc1. The highest BCUT2D eigenvalue weighted by Crippen LogP contribution is 2.45. The lowest BCUT2D eigenvalue weighted by Crippen LogP contribution is -2.28. The number of allylic oxidation sites excluding steroid dienone is 1. The summed E-state index contributed by atoms with van der Waals surface area (Å²) in [5.74, 6) is 0.878. The number of fused-ring (bicyclic) bond motifs is 2. The molecule has 1 saturated carbocycles. The average molecular weight is 331 g/mol. The smallest absolute Gasteiger partial charge is 0.243 e. The minimum absolute atomic E-state index is 0.239. The Bertz CT molecular complexity index is 792. The van der Waals surface area contributed by atoms with E-state index in [-0.39, 0.29) is 11.7 Å². The Kier molecular flexibility index (Phi) is 3.46. The Morgan fingerprint density at radius 2 is 1.74 bits per heavy atom. The zero-order chi connectivity index (χ0) is 16.2. The lowest BCUT2D eigenvalue weighted by molar-refractivity contribution is -0.114. The van der Waals surface area contributed by atoms with Gasteiger partial charge in [-0.15, -0.1) is 0 Å². The number of benzene rings is 1. The van der Waals surface area contributed by atoms with E-state index in [1.165, 1.54) is 0 Å². The van der Waals surface area contributed by atoms with Crippen molar-refractivity contribution in [3.05, 3.63) is 41.0 Å². The fourth-order valence-corrected chi connectivity index (χ4v) is 5.76. The zero-order valence-electron chi connectivity index (χ0n) is 13.3. The van der Waals surface area contributed by atoms with Crippen molar-refractivity contribution in [2.45, 2.75) is 37.5 Å². The molecular weight excluding hydrogens is 310 g/mol. The Morgan fingerprint density at radius 1 is 1.04 bits per heavy atom. The molecule has 0 unspecified atom stereocenters. The van der Waals surface area contributed by atoms with Crippen molar-refractivity contribution in [2.24, 2.45) is 11.8 Å². The van der Waals surface area contributed by atoms with Crippen LogP contribution in [0, 0.1) is 18.8 Å². The second-order valence-electron chi connectivity index (χ2n) is 6.98. The van der Waals surface area contributed by atoms with Crippen molar-refractivity contribution in [2.75, 3.05) is 13.1 Å². The van der Waals surface area contributed by atoms with Gasteiger partial charge in [0.2, 0.25) is 10.0 Å².